The van der Waals surface area contributed by atoms with Gasteiger partial charge in [0.1, 0.15) is 5.54 Å². The van der Waals surface area contributed by atoms with Gasteiger partial charge in [-0.1, -0.05) is 0 Å². The molecule has 1 aromatic heterocycles. The van der Waals surface area contributed by atoms with E-state index in [0.717, 1.165) is 19.3 Å². The molecule has 0 radical (unpaired) electrons. The number of hydrogen-bond donors (Lipinski definition) is 1. The molecular formula is C16H22N2O2S. The maximum absolute atomic E-state index is 12.4. The van der Waals surface area contributed by atoms with Crippen LogP contribution in [0.4, 0.5) is 0 Å². The van der Waals surface area contributed by atoms with E-state index in [-0.39, 0.29) is 5.97 Å². The Morgan fingerprint density at radius 2 is 2.19 bits per heavy atom. The Labute approximate surface area is 130 Å². The molecule has 0 aliphatic heterocycles. The SMILES string of the molecule is CCOC(=O)C1(NC2CC2)CCC(Sc2ccncc2)C1. The number of nitrogens with zero attached hydrogens (tertiary/aromatic N) is 1. The van der Waals surface area contributed by atoms with Gasteiger partial charge in [0.15, 0.2) is 0 Å². The number of hydrogen-bond acceptors (Lipinski definition) is 5. The van der Waals surface area contributed by atoms with Gasteiger partial charge in [-0.2, -0.15) is 0 Å². The second-order valence-electron chi connectivity index (χ2n) is 5.89. The van der Waals surface area contributed by atoms with Crippen molar-refractivity contribution in [2.75, 3.05) is 6.61 Å². The molecule has 1 aromatic rings. The van der Waals surface area contributed by atoms with Crippen molar-refractivity contribution in [1.82, 2.24) is 10.3 Å². The fourth-order valence-electron chi connectivity index (χ4n) is 2.97. The van der Waals surface area contributed by atoms with Crippen LogP contribution in [0.5, 0.6) is 0 Å². The van der Waals surface area contributed by atoms with Crippen molar-refractivity contribution >= 4 is 17.7 Å². The molecule has 5 heteroatoms. The molecule has 2 aliphatic rings. The molecule has 3 rings (SSSR count). The van der Waals surface area contributed by atoms with Crippen LogP contribution < -0.4 is 5.32 Å². The summed E-state index contributed by atoms with van der Waals surface area (Å²) in [7, 11) is 0. The summed E-state index contributed by atoms with van der Waals surface area (Å²) in [6.07, 6.45) is 8.79. The van der Waals surface area contributed by atoms with Gasteiger partial charge in [0.25, 0.3) is 0 Å². The van der Waals surface area contributed by atoms with Crippen LogP contribution in [0, 0.1) is 0 Å². The highest BCUT2D eigenvalue weighted by atomic mass is 32.2. The third-order valence-electron chi connectivity index (χ3n) is 4.15. The number of pyridine rings is 1. The number of aromatic nitrogens is 1. The van der Waals surface area contributed by atoms with Crippen LogP contribution in [0.1, 0.15) is 39.0 Å². The molecule has 2 unspecified atom stereocenters. The summed E-state index contributed by atoms with van der Waals surface area (Å²) in [5, 5.41) is 4.03. The van der Waals surface area contributed by atoms with E-state index in [0.29, 0.717) is 17.9 Å². The summed E-state index contributed by atoms with van der Waals surface area (Å²) in [4.78, 5) is 17.7. The van der Waals surface area contributed by atoms with Crippen molar-refractivity contribution in [3.8, 4) is 0 Å². The molecule has 2 aliphatic carbocycles. The van der Waals surface area contributed by atoms with Gasteiger partial charge in [-0.25, -0.2) is 0 Å². The second-order valence-corrected chi connectivity index (χ2v) is 7.26. The zero-order valence-electron chi connectivity index (χ0n) is 12.4. The molecule has 1 N–H and O–H groups in total. The molecule has 2 saturated carbocycles. The Balaban J connectivity index is 1.66. The summed E-state index contributed by atoms with van der Waals surface area (Å²) in [6, 6.07) is 4.58. The number of esters is 1. The molecule has 0 saturated heterocycles. The monoisotopic (exact) mass is 306 g/mol. The lowest BCUT2D eigenvalue weighted by atomic mass is 9.97. The van der Waals surface area contributed by atoms with E-state index >= 15 is 0 Å². The summed E-state index contributed by atoms with van der Waals surface area (Å²) in [6.45, 7) is 2.33. The Kier molecular flexibility index (Phi) is 4.50. The van der Waals surface area contributed by atoms with Gasteiger partial charge >= 0.3 is 5.97 Å². The minimum Gasteiger partial charge on any atom is -0.465 e. The van der Waals surface area contributed by atoms with Crippen LogP contribution in [-0.2, 0) is 9.53 Å². The van der Waals surface area contributed by atoms with Crippen LogP contribution in [0.2, 0.25) is 0 Å². The number of thioether (sulfide) groups is 1. The largest absolute Gasteiger partial charge is 0.465 e. The predicted molar refractivity (Wildman–Crippen MR) is 83.3 cm³/mol. The summed E-state index contributed by atoms with van der Waals surface area (Å²) in [5.41, 5.74) is -0.456. The lowest BCUT2D eigenvalue weighted by Gasteiger charge is -2.28. The van der Waals surface area contributed by atoms with Crippen molar-refractivity contribution < 1.29 is 9.53 Å². The molecule has 21 heavy (non-hydrogen) atoms. The predicted octanol–water partition coefficient (Wildman–Crippen LogP) is 2.78. The van der Waals surface area contributed by atoms with Gasteiger partial charge in [0, 0.05) is 28.6 Å². The van der Waals surface area contributed by atoms with Gasteiger partial charge in [-0.15, -0.1) is 11.8 Å². The lowest BCUT2D eigenvalue weighted by molar-refractivity contribution is -0.151. The molecule has 2 atom stereocenters. The van der Waals surface area contributed by atoms with Crippen LogP contribution in [0.25, 0.3) is 0 Å². The first-order chi connectivity index (χ1) is 10.2. The van der Waals surface area contributed by atoms with Crippen molar-refractivity contribution in [3.63, 3.8) is 0 Å². The first kappa shape index (κ1) is 14.9. The van der Waals surface area contributed by atoms with Gasteiger partial charge in [0.05, 0.1) is 6.61 Å². The van der Waals surface area contributed by atoms with Crippen LogP contribution >= 0.6 is 11.8 Å². The number of rotatable bonds is 6. The summed E-state index contributed by atoms with van der Waals surface area (Å²) in [5.74, 6) is -0.0604. The van der Waals surface area contributed by atoms with E-state index in [2.05, 4.69) is 10.3 Å². The third-order valence-corrected chi connectivity index (χ3v) is 5.43. The minimum atomic E-state index is -0.456. The number of carbonyl (C=O) groups excluding carboxylic acids is 1. The van der Waals surface area contributed by atoms with E-state index in [4.69, 9.17) is 4.74 Å². The van der Waals surface area contributed by atoms with Crippen molar-refractivity contribution in [1.29, 1.82) is 0 Å². The van der Waals surface area contributed by atoms with Crippen molar-refractivity contribution in [2.24, 2.45) is 0 Å². The fraction of sp³-hybridized carbons (Fsp3) is 0.625. The summed E-state index contributed by atoms with van der Waals surface area (Å²) >= 11 is 1.85. The van der Waals surface area contributed by atoms with Crippen molar-refractivity contribution in [3.05, 3.63) is 24.5 Å². The molecule has 0 bridgehead atoms. The highest BCUT2D eigenvalue weighted by molar-refractivity contribution is 8.00. The molecule has 0 spiro atoms. The van der Waals surface area contributed by atoms with Crippen LogP contribution in [0.3, 0.4) is 0 Å². The van der Waals surface area contributed by atoms with E-state index in [1.165, 1.54) is 17.7 Å². The van der Waals surface area contributed by atoms with Gasteiger partial charge < -0.3 is 4.74 Å². The van der Waals surface area contributed by atoms with Gasteiger partial charge in [-0.3, -0.25) is 15.1 Å². The number of ether oxygens (including phenoxy) is 1. The molecule has 4 nitrogen and oxygen atoms in total. The maximum atomic E-state index is 12.4. The van der Waals surface area contributed by atoms with Crippen LogP contribution in [-0.4, -0.2) is 34.4 Å². The van der Waals surface area contributed by atoms with Gasteiger partial charge in [-0.05, 0) is 51.2 Å². The topological polar surface area (TPSA) is 51.2 Å². The Morgan fingerprint density at radius 3 is 2.86 bits per heavy atom. The zero-order valence-corrected chi connectivity index (χ0v) is 13.2. The van der Waals surface area contributed by atoms with E-state index in [9.17, 15) is 4.79 Å². The lowest BCUT2D eigenvalue weighted by Crippen LogP contribution is -2.52. The van der Waals surface area contributed by atoms with E-state index in [1.807, 2.05) is 43.2 Å². The maximum Gasteiger partial charge on any atom is 0.326 e. The molecule has 2 fully saturated rings. The average molecular weight is 306 g/mol. The highest BCUT2D eigenvalue weighted by Crippen LogP contribution is 2.42. The smallest absolute Gasteiger partial charge is 0.326 e. The Hall–Kier alpha value is -1.07. The van der Waals surface area contributed by atoms with E-state index in [1.54, 1.807) is 0 Å². The highest BCUT2D eigenvalue weighted by Gasteiger charge is 2.49. The van der Waals surface area contributed by atoms with Crippen LogP contribution in [0.15, 0.2) is 29.4 Å². The van der Waals surface area contributed by atoms with Crippen molar-refractivity contribution in [2.45, 2.75) is 60.8 Å². The van der Waals surface area contributed by atoms with E-state index < -0.39 is 5.54 Å². The standard InChI is InChI=1S/C16H22N2O2S/c1-2-20-15(19)16(18-12-3-4-12)8-5-14(11-16)21-13-6-9-17-10-7-13/h6-7,9-10,12,14,18H,2-5,8,11H2,1H3. The molecular weight excluding hydrogens is 284 g/mol. The fourth-order valence-corrected chi connectivity index (χ4v) is 4.24. The molecule has 1 heterocycles. The van der Waals surface area contributed by atoms with Gasteiger partial charge in [0.2, 0.25) is 0 Å². The molecule has 0 amide bonds. The second kappa shape index (κ2) is 6.36. The average Bonchev–Trinajstić information content (AvgIpc) is 3.20. The molecule has 114 valence electrons. The molecule has 0 aromatic carbocycles. The number of carbonyl (C=O) groups is 1. The third kappa shape index (κ3) is 3.58. The Morgan fingerprint density at radius 1 is 1.43 bits per heavy atom. The minimum absolute atomic E-state index is 0.0604. The first-order valence-corrected chi connectivity index (χ1v) is 8.61. The normalized spacial score (nSPS) is 28.5. The Bertz CT molecular complexity index is 492. The first-order valence-electron chi connectivity index (χ1n) is 7.73. The summed E-state index contributed by atoms with van der Waals surface area (Å²) < 4.78 is 5.34. The quantitative estimate of drug-likeness (QED) is 0.819. The number of nitrogens with one attached hydrogen (secondary N) is 1. The zero-order chi connectivity index (χ0) is 14.7.